The van der Waals surface area contributed by atoms with E-state index in [1.54, 1.807) is 6.07 Å². The molecule has 1 amide bonds. The van der Waals surface area contributed by atoms with Gasteiger partial charge < -0.3 is 20.4 Å². The van der Waals surface area contributed by atoms with Crippen LogP contribution in [0.2, 0.25) is 0 Å². The highest BCUT2D eigenvalue weighted by Crippen LogP contribution is 2.34. The summed E-state index contributed by atoms with van der Waals surface area (Å²) >= 11 is 0. The van der Waals surface area contributed by atoms with E-state index in [9.17, 15) is 13.6 Å². The Kier molecular flexibility index (Phi) is 8.75. The van der Waals surface area contributed by atoms with Crippen LogP contribution >= 0.6 is 0 Å². The minimum absolute atomic E-state index is 0.136. The average molecular weight is 485 g/mol. The molecular weight excluding hydrogens is 450 g/mol. The number of nitrogens with two attached hydrogens (primary N) is 1. The molecule has 0 aliphatic carbocycles. The third kappa shape index (κ3) is 6.96. The van der Waals surface area contributed by atoms with Crippen LogP contribution in [0.5, 0.6) is 0 Å². The van der Waals surface area contributed by atoms with E-state index in [-0.39, 0.29) is 18.8 Å². The number of nitrogens with zero attached hydrogens (tertiary/aromatic N) is 2. The van der Waals surface area contributed by atoms with Gasteiger partial charge in [-0.05, 0) is 23.1 Å². The predicted molar refractivity (Wildman–Crippen MR) is 133 cm³/mol. The van der Waals surface area contributed by atoms with Crippen molar-refractivity contribution in [2.24, 2.45) is 11.1 Å². The zero-order valence-corrected chi connectivity index (χ0v) is 20.7. The number of halogens is 2. The summed E-state index contributed by atoms with van der Waals surface area (Å²) in [6.45, 7) is 6.14. The lowest BCUT2D eigenvalue weighted by atomic mass is 9.85. The molecule has 8 heteroatoms. The normalized spacial score (nSPS) is 14.4. The number of hydrogen-bond donors (Lipinski definition) is 2. The molecule has 0 spiro atoms. The Morgan fingerprint density at radius 3 is 2.49 bits per heavy atom. The van der Waals surface area contributed by atoms with E-state index in [0.29, 0.717) is 12.4 Å². The topological polar surface area (TPSA) is 82.2 Å². The van der Waals surface area contributed by atoms with Crippen LogP contribution in [-0.2, 0) is 16.1 Å². The lowest BCUT2D eigenvalue weighted by molar-refractivity contribution is -0.134. The molecule has 0 bridgehead atoms. The number of benzene rings is 2. The van der Waals surface area contributed by atoms with Gasteiger partial charge in [-0.25, -0.2) is 13.8 Å². The SMILES string of the molecule is COC(C[C@@H](F)CN)C(=O)N[C@@H](c1nc(-c2ccccc2)cn1Cc1cccc(F)c1)C(C)(C)C. The Morgan fingerprint density at radius 1 is 1.17 bits per heavy atom. The van der Waals surface area contributed by atoms with E-state index in [0.717, 1.165) is 16.8 Å². The van der Waals surface area contributed by atoms with E-state index in [4.69, 9.17) is 15.5 Å². The smallest absolute Gasteiger partial charge is 0.249 e. The molecule has 1 aromatic heterocycles. The van der Waals surface area contributed by atoms with Crippen molar-refractivity contribution >= 4 is 5.91 Å². The van der Waals surface area contributed by atoms with E-state index >= 15 is 0 Å². The number of nitrogens with one attached hydrogen (secondary N) is 1. The number of methoxy groups -OCH3 is 1. The number of carbonyl (C=O) groups excluding carboxylic acids is 1. The summed E-state index contributed by atoms with van der Waals surface area (Å²) < 4.78 is 35.0. The van der Waals surface area contributed by atoms with Crippen LogP contribution in [0, 0.1) is 11.2 Å². The number of ether oxygens (including phenoxy) is 1. The Bertz CT molecular complexity index is 1110. The second-order valence-electron chi connectivity index (χ2n) is 9.71. The Balaban J connectivity index is 2.02. The standard InChI is InChI=1S/C27H34F2N4O2/c1-27(2,3)24(32-26(34)23(35-4)14-21(29)15-30)25-31-22(19-10-6-5-7-11-19)17-33(25)16-18-9-8-12-20(28)13-18/h5-13,17,21,23-24H,14-16,30H2,1-4H3,(H,32,34)/t21-,23?,24+/m1/s1. The fraction of sp³-hybridized carbons (Fsp3) is 0.407. The lowest BCUT2D eigenvalue weighted by Crippen LogP contribution is -2.45. The maximum atomic E-state index is 13.9. The molecule has 0 saturated heterocycles. The lowest BCUT2D eigenvalue weighted by Gasteiger charge is -2.32. The highest BCUT2D eigenvalue weighted by atomic mass is 19.1. The van der Waals surface area contributed by atoms with Crippen LogP contribution in [0.3, 0.4) is 0 Å². The van der Waals surface area contributed by atoms with Crippen LogP contribution in [-0.4, -0.2) is 41.4 Å². The molecule has 1 heterocycles. The quantitative estimate of drug-likeness (QED) is 0.439. The number of amides is 1. The first-order valence-electron chi connectivity index (χ1n) is 11.7. The summed E-state index contributed by atoms with van der Waals surface area (Å²) in [5, 5.41) is 3.03. The molecule has 3 N–H and O–H groups in total. The molecule has 188 valence electrons. The van der Waals surface area contributed by atoms with Gasteiger partial charge in [0.05, 0.1) is 11.7 Å². The van der Waals surface area contributed by atoms with Crippen molar-refractivity contribution in [2.75, 3.05) is 13.7 Å². The van der Waals surface area contributed by atoms with Crippen molar-refractivity contribution in [3.63, 3.8) is 0 Å². The Morgan fingerprint density at radius 2 is 1.89 bits per heavy atom. The van der Waals surface area contributed by atoms with E-state index in [2.05, 4.69) is 5.32 Å². The van der Waals surface area contributed by atoms with Gasteiger partial charge in [0, 0.05) is 38.4 Å². The largest absolute Gasteiger partial charge is 0.372 e. The molecule has 0 aliphatic heterocycles. The zero-order valence-electron chi connectivity index (χ0n) is 20.7. The molecule has 6 nitrogen and oxygen atoms in total. The minimum Gasteiger partial charge on any atom is -0.372 e. The summed E-state index contributed by atoms with van der Waals surface area (Å²) in [6.07, 6.45) is -0.569. The molecule has 0 saturated carbocycles. The monoisotopic (exact) mass is 484 g/mol. The van der Waals surface area contributed by atoms with Crippen LogP contribution in [0.4, 0.5) is 8.78 Å². The number of imidazole rings is 1. The van der Waals surface area contributed by atoms with Crippen molar-refractivity contribution < 1.29 is 18.3 Å². The molecule has 35 heavy (non-hydrogen) atoms. The Labute approximate surface area is 205 Å². The van der Waals surface area contributed by atoms with Crippen molar-refractivity contribution in [2.45, 2.75) is 52.1 Å². The van der Waals surface area contributed by atoms with Crippen LogP contribution in [0.25, 0.3) is 11.3 Å². The van der Waals surface area contributed by atoms with Crippen LogP contribution in [0.1, 0.15) is 44.6 Å². The van der Waals surface area contributed by atoms with Gasteiger partial charge >= 0.3 is 0 Å². The van der Waals surface area contributed by atoms with Gasteiger partial charge in [-0.1, -0.05) is 63.2 Å². The average Bonchev–Trinajstić information content (AvgIpc) is 3.23. The third-order valence-electron chi connectivity index (χ3n) is 5.83. The van der Waals surface area contributed by atoms with Crippen molar-refractivity contribution in [1.29, 1.82) is 0 Å². The molecule has 2 aromatic carbocycles. The number of rotatable bonds is 10. The zero-order chi connectivity index (χ0) is 25.6. The summed E-state index contributed by atoms with van der Waals surface area (Å²) in [5.74, 6) is -0.152. The Hall–Kier alpha value is -3.10. The maximum Gasteiger partial charge on any atom is 0.249 e. The fourth-order valence-corrected chi connectivity index (χ4v) is 3.91. The van der Waals surface area contributed by atoms with E-state index in [1.807, 2.05) is 67.9 Å². The second kappa shape index (κ2) is 11.6. The molecular formula is C27H34F2N4O2. The summed E-state index contributed by atoms with van der Waals surface area (Å²) in [5.41, 5.74) is 7.36. The molecule has 3 rings (SSSR count). The van der Waals surface area contributed by atoms with Crippen molar-refractivity contribution in [1.82, 2.24) is 14.9 Å². The number of carbonyl (C=O) groups is 1. The second-order valence-corrected chi connectivity index (χ2v) is 9.71. The van der Waals surface area contributed by atoms with Gasteiger partial charge in [-0.15, -0.1) is 0 Å². The summed E-state index contributed by atoms with van der Waals surface area (Å²) in [6, 6.07) is 15.5. The summed E-state index contributed by atoms with van der Waals surface area (Å²) in [7, 11) is 1.37. The molecule has 0 fully saturated rings. The van der Waals surface area contributed by atoms with E-state index < -0.39 is 29.6 Å². The number of hydrogen-bond acceptors (Lipinski definition) is 4. The first-order chi connectivity index (χ1) is 16.6. The first kappa shape index (κ1) is 26.5. The van der Waals surface area contributed by atoms with Gasteiger partial charge in [-0.3, -0.25) is 4.79 Å². The minimum atomic E-state index is -1.35. The van der Waals surface area contributed by atoms with Crippen molar-refractivity contribution in [3.05, 3.63) is 78.0 Å². The fourth-order valence-electron chi connectivity index (χ4n) is 3.91. The van der Waals surface area contributed by atoms with Gasteiger partial charge in [0.25, 0.3) is 0 Å². The highest BCUT2D eigenvalue weighted by molar-refractivity contribution is 5.81. The summed E-state index contributed by atoms with van der Waals surface area (Å²) in [4.78, 5) is 18.0. The van der Waals surface area contributed by atoms with Gasteiger partial charge in [0.1, 0.15) is 23.9 Å². The first-order valence-corrected chi connectivity index (χ1v) is 11.7. The van der Waals surface area contributed by atoms with Crippen LogP contribution < -0.4 is 11.1 Å². The van der Waals surface area contributed by atoms with Gasteiger partial charge in [0.15, 0.2) is 0 Å². The van der Waals surface area contributed by atoms with Gasteiger partial charge in [0.2, 0.25) is 5.91 Å². The highest BCUT2D eigenvalue weighted by Gasteiger charge is 2.34. The molecule has 0 aliphatic rings. The maximum absolute atomic E-state index is 13.9. The van der Waals surface area contributed by atoms with Crippen molar-refractivity contribution in [3.8, 4) is 11.3 Å². The predicted octanol–water partition coefficient (Wildman–Crippen LogP) is 4.64. The molecule has 3 atom stereocenters. The number of alkyl halides is 1. The third-order valence-corrected chi connectivity index (χ3v) is 5.83. The van der Waals surface area contributed by atoms with E-state index in [1.165, 1.54) is 19.2 Å². The van der Waals surface area contributed by atoms with Crippen LogP contribution in [0.15, 0.2) is 60.8 Å². The number of aromatic nitrogens is 2. The molecule has 0 radical (unpaired) electrons. The van der Waals surface area contributed by atoms with Gasteiger partial charge in [-0.2, -0.15) is 0 Å². The molecule has 1 unspecified atom stereocenters. The molecule has 3 aromatic rings.